The van der Waals surface area contributed by atoms with Crippen LogP contribution in [0.5, 0.6) is 11.6 Å². The Hall–Kier alpha value is -3.38. The number of aliphatic carboxylic acids is 1. The number of hydrogen-bond donors (Lipinski definition) is 1. The Morgan fingerprint density at radius 1 is 1.05 bits per heavy atom. The third kappa shape index (κ3) is 5.72. The summed E-state index contributed by atoms with van der Waals surface area (Å²) in [6.07, 6.45) is 8.31. The van der Waals surface area contributed by atoms with Crippen LogP contribution in [0.3, 0.4) is 0 Å². The van der Waals surface area contributed by atoms with Crippen LogP contribution < -0.4 is 9.47 Å². The van der Waals surface area contributed by atoms with E-state index in [0.29, 0.717) is 23.9 Å². The van der Waals surface area contributed by atoms with Crippen molar-refractivity contribution >= 4 is 5.97 Å². The first-order valence-electron chi connectivity index (χ1n) is 15.2. The molecule has 2 aromatic carbocycles. The molecular formula is C35H42N2O4. The van der Waals surface area contributed by atoms with Gasteiger partial charge >= 0.3 is 5.97 Å². The molecule has 1 saturated heterocycles. The number of carboxylic acids is 1. The summed E-state index contributed by atoms with van der Waals surface area (Å²) in [6.45, 7) is 7.40. The topological polar surface area (TPSA) is 71.9 Å². The maximum absolute atomic E-state index is 11.9. The highest BCUT2D eigenvalue weighted by Gasteiger charge is 2.39. The zero-order valence-corrected chi connectivity index (χ0v) is 24.7. The van der Waals surface area contributed by atoms with Crippen LogP contribution in [-0.4, -0.2) is 40.2 Å². The van der Waals surface area contributed by atoms with Crippen molar-refractivity contribution in [3.05, 3.63) is 77.0 Å². The molecule has 1 aliphatic carbocycles. The Kier molecular flexibility index (Phi) is 7.78. The molecule has 3 aromatic rings. The normalized spacial score (nSPS) is 23.9. The number of nitrogens with zero attached hydrogens (tertiary/aromatic N) is 2. The Balaban J connectivity index is 1.31. The maximum atomic E-state index is 11.9. The number of aromatic nitrogens is 1. The van der Waals surface area contributed by atoms with Gasteiger partial charge in [-0.25, -0.2) is 4.98 Å². The summed E-state index contributed by atoms with van der Waals surface area (Å²) in [5, 5.41) is 9.77. The quantitative estimate of drug-likeness (QED) is 0.297. The van der Waals surface area contributed by atoms with Gasteiger partial charge in [0.1, 0.15) is 11.9 Å². The van der Waals surface area contributed by atoms with Crippen molar-refractivity contribution in [3.8, 4) is 22.8 Å². The molecule has 5 atom stereocenters. The zero-order valence-electron chi connectivity index (χ0n) is 24.7. The fourth-order valence-electron chi connectivity index (χ4n) is 7.08. The molecule has 1 saturated carbocycles. The lowest BCUT2D eigenvalue weighted by Crippen LogP contribution is -2.32. The first-order valence-corrected chi connectivity index (χ1v) is 15.2. The van der Waals surface area contributed by atoms with Crippen molar-refractivity contribution in [2.45, 2.75) is 89.9 Å². The van der Waals surface area contributed by atoms with E-state index in [1.54, 1.807) is 7.11 Å². The van der Waals surface area contributed by atoms with Crippen molar-refractivity contribution in [3.63, 3.8) is 0 Å². The van der Waals surface area contributed by atoms with Gasteiger partial charge in [0.05, 0.1) is 13.0 Å². The van der Waals surface area contributed by atoms with E-state index >= 15 is 0 Å². The summed E-state index contributed by atoms with van der Waals surface area (Å²) < 4.78 is 12.1. The number of pyridine rings is 1. The van der Waals surface area contributed by atoms with Gasteiger partial charge < -0.3 is 14.6 Å². The van der Waals surface area contributed by atoms with E-state index in [4.69, 9.17) is 9.47 Å². The molecule has 0 amide bonds. The number of methoxy groups -OCH3 is 1. The average molecular weight is 555 g/mol. The maximum Gasteiger partial charge on any atom is 0.306 e. The van der Waals surface area contributed by atoms with Gasteiger partial charge in [0.25, 0.3) is 0 Å². The molecule has 216 valence electrons. The largest absolute Gasteiger partial charge is 0.485 e. The highest BCUT2D eigenvalue weighted by Crippen LogP contribution is 2.48. The number of carboxylic acid groups (broad SMARTS) is 1. The SMILES string of the molecule is COc1cc(-c2ccc([C@@H]3CCc4ccc(C(C5CC5)[C@H](C)C(=O)O)cc4O3)cc2CN2[C@H](C)CC[C@@H]2C)ccn1. The van der Waals surface area contributed by atoms with Crippen molar-refractivity contribution in [2.24, 2.45) is 11.8 Å². The number of likely N-dealkylation sites (tertiary alicyclic amines) is 1. The minimum atomic E-state index is -0.723. The summed E-state index contributed by atoms with van der Waals surface area (Å²) in [5.41, 5.74) is 7.11. The third-order valence-corrected chi connectivity index (χ3v) is 9.72. The summed E-state index contributed by atoms with van der Waals surface area (Å²) in [7, 11) is 1.66. The molecule has 41 heavy (non-hydrogen) atoms. The predicted octanol–water partition coefficient (Wildman–Crippen LogP) is 7.41. The summed E-state index contributed by atoms with van der Waals surface area (Å²) in [5.74, 6) is 0.889. The molecule has 1 aromatic heterocycles. The predicted molar refractivity (Wildman–Crippen MR) is 160 cm³/mol. The molecular weight excluding hydrogens is 512 g/mol. The molecule has 6 heteroatoms. The second-order valence-corrected chi connectivity index (χ2v) is 12.5. The van der Waals surface area contributed by atoms with Gasteiger partial charge in [-0.2, -0.15) is 0 Å². The molecule has 0 radical (unpaired) electrons. The van der Waals surface area contributed by atoms with Gasteiger partial charge in [-0.1, -0.05) is 37.3 Å². The molecule has 2 fully saturated rings. The number of fused-ring (bicyclic) bond motifs is 1. The van der Waals surface area contributed by atoms with E-state index in [2.05, 4.69) is 66.2 Å². The standard InChI is InChI=1S/C35H42N2O4/c1-21-5-6-22(2)37(21)20-29-17-27(11-13-30(29)26-15-16-36-33(19-26)40-4)31-14-12-24-7-10-28(18-32(24)41-31)34(25-8-9-25)23(3)35(38)39/h7,10-11,13,15-19,21-23,25,31,34H,5-6,8-9,12,14,20H2,1-4H3,(H,38,39)/t21-,22+,23-,31-,34?/m0/s1. The molecule has 1 unspecified atom stereocenters. The van der Waals surface area contributed by atoms with E-state index in [0.717, 1.165) is 49.1 Å². The Bertz CT molecular complexity index is 1410. The van der Waals surface area contributed by atoms with Gasteiger partial charge in [0, 0.05) is 30.9 Å². The lowest BCUT2D eigenvalue weighted by molar-refractivity contribution is -0.142. The number of ether oxygens (including phenoxy) is 2. The van der Waals surface area contributed by atoms with Gasteiger partial charge in [0.15, 0.2) is 0 Å². The molecule has 3 heterocycles. The lowest BCUT2D eigenvalue weighted by atomic mass is 9.82. The monoisotopic (exact) mass is 554 g/mol. The van der Waals surface area contributed by atoms with Gasteiger partial charge in [-0.05, 0) is 110 Å². The van der Waals surface area contributed by atoms with Crippen LogP contribution >= 0.6 is 0 Å². The summed E-state index contributed by atoms with van der Waals surface area (Å²) in [4.78, 5) is 18.8. The molecule has 0 bridgehead atoms. The third-order valence-electron chi connectivity index (χ3n) is 9.72. The molecule has 6 rings (SSSR count). The second-order valence-electron chi connectivity index (χ2n) is 12.5. The van der Waals surface area contributed by atoms with Crippen LogP contribution in [-0.2, 0) is 17.8 Å². The number of rotatable bonds is 9. The fraction of sp³-hybridized carbons (Fsp3) is 0.486. The highest BCUT2D eigenvalue weighted by molar-refractivity contribution is 5.71. The smallest absolute Gasteiger partial charge is 0.306 e. The van der Waals surface area contributed by atoms with E-state index in [1.165, 1.54) is 35.1 Å². The average Bonchev–Trinajstić information content (AvgIpc) is 3.78. The van der Waals surface area contributed by atoms with Crippen LogP contribution in [0, 0.1) is 11.8 Å². The van der Waals surface area contributed by atoms with Crippen LogP contribution in [0.15, 0.2) is 54.7 Å². The number of carbonyl (C=O) groups is 1. The van der Waals surface area contributed by atoms with E-state index in [9.17, 15) is 9.90 Å². The van der Waals surface area contributed by atoms with E-state index < -0.39 is 11.9 Å². The first kappa shape index (κ1) is 27.8. The second kappa shape index (κ2) is 11.5. The Morgan fingerprint density at radius 3 is 2.54 bits per heavy atom. The summed E-state index contributed by atoms with van der Waals surface area (Å²) >= 11 is 0. The zero-order chi connectivity index (χ0) is 28.7. The molecule has 2 aliphatic heterocycles. The molecule has 3 aliphatic rings. The number of benzene rings is 2. The van der Waals surface area contributed by atoms with Gasteiger partial charge in [-0.3, -0.25) is 9.69 Å². The molecule has 0 spiro atoms. The first-order chi connectivity index (χ1) is 19.8. The molecule has 6 nitrogen and oxygen atoms in total. The van der Waals surface area contributed by atoms with E-state index in [1.807, 2.05) is 19.2 Å². The fourth-order valence-corrected chi connectivity index (χ4v) is 7.08. The van der Waals surface area contributed by atoms with Crippen molar-refractivity contribution < 1.29 is 19.4 Å². The summed E-state index contributed by atoms with van der Waals surface area (Å²) in [6, 6.07) is 18.4. The van der Waals surface area contributed by atoms with Crippen LogP contribution in [0.2, 0.25) is 0 Å². The Morgan fingerprint density at radius 2 is 1.83 bits per heavy atom. The van der Waals surface area contributed by atoms with Crippen LogP contribution in [0.4, 0.5) is 0 Å². The van der Waals surface area contributed by atoms with Gasteiger partial charge in [0.2, 0.25) is 5.88 Å². The minimum Gasteiger partial charge on any atom is -0.485 e. The van der Waals surface area contributed by atoms with Crippen molar-refractivity contribution in [2.75, 3.05) is 7.11 Å². The lowest BCUT2D eigenvalue weighted by Gasteiger charge is -2.30. The van der Waals surface area contributed by atoms with Crippen LogP contribution in [0.1, 0.15) is 87.2 Å². The van der Waals surface area contributed by atoms with Crippen molar-refractivity contribution in [1.82, 2.24) is 9.88 Å². The highest BCUT2D eigenvalue weighted by atomic mass is 16.5. The molecule has 1 N–H and O–H groups in total. The Labute approximate surface area is 243 Å². The van der Waals surface area contributed by atoms with Crippen LogP contribution in [0.25, 0.3) is 11.1 Å². The van der Waals surface area contributed by atoms with E-state index in [-0.39, 0.29) is 12.0 Å². The van der Waals surface area contributed by atoms with Crippen molar-refractivity contribution in [1.29, 1.82) is 0 Å². The number of aryl methyl sites for hydroxylation is 1. The number of hydrogen-bond acceptors (Lipinski definition) is 5. The minimum absolute atomic E-state index is 0.0365. The van der Waals surface area contributed by atoms with Gasteiger partial charge in [-0.15, -0.1) is 0 Å².